The number of benzene rings is 2. The number of hydrogen-bond donors (Lipinski definition) is 3. The number of nitrogens with one attached hydrogen (secondary N) is 3. The number of urea groups is 1. The molecule has 1 saturated heterocycles. The summed E-state index contributed by atoms with van der Waals surface area (Å²) in [5.74, 6) is -1.18. The van der Waals surface area contributed by atoms with Gasteiger partial charge in [0.25, 0.3) is 0 Å². The number of carbonyl (C=O) groups excluding carboxylic acids is 3. The lowest BCUT2D eigenvalue weighted by Crippen LogP contribution is -2.53. The minimum Gasteiger partial charge on any atom is -0.351 e. The minimum absolute atomic E-state index is 0.0456. The fraction of sp³-hybridized carbons (Fsp3) is 0.333. The van der Waals surface area contributed by atoms with Gasteiger partial charge in [-0.15, -0.1) is 0 Å². The van der Waals surface area contributed by atoms with Crippen molar-refractivity contribution in [1.29, 1.82) is 5.26 Å². The summed E-state index contributed by atoms with van der Waals surface area (Å²) in [6.45, 7) is 2.21. The van der Waals surface area contributed by atoms with Crippen LogP contribution in [-0.4, -0.2) is 47.9 Å². The highest BCUT2D eigenvalue weighted by Gasteiger charge is 2.27. The molecule has 33 heavy (non-hydrogen) atoms. The van der Waals surface area contributed by atoms with Gasteiger partial charge in [-0.2, -0.15) is 5.26 Å². The summed E-state index contributed by atoms with van der Waals surface area (Å²) in [7, 11) is 0. The lowest BCUT2D eigenvalue weighted by atomic mass is 10.0. The molecule has 172 valence electrons. The van der Waals surface area contributed by atoms with E-state index in [1.54, 1.807) is 47.4 Å². The third-order valence-electron chi connectivity index (χ3n) is 5.47. The number of carbonyl (C=O) groups is 3. The van der Waals surface area contributed by atoms with E-state index in [0.717, 1.165) is 0 Å². The van der Waals surface area contributed by atoms with Crippen molar-refractivity contribution in [3.63, 3.8) is 0 Å². The topological polar surface area (TPSA) is 114 Å². The number of likely N-dealkylation sites (tertiary alicyclic amines) is 1. The maximum absolute atomic E-state index is 14.0. The number of nitriles is 1. The second-order valence-electron chi connectivity index (χ2n) is 7.94. The molecular formula is C24H26FN5O3. The predicted molar refractivity (Wildman–Crippen MR) is 121 cm³/mol. The Hall–Kier alpha value is -3.93. The number of anilines is 1. The van der Waals surface area contributed by atoms with Crippen molar-refractivity contribution in [3.8, 4) is 6.07 Å². The summed E-state index contributed by atoms with van der Waals surface area (Å²) in [5, 5.41) is 17.2. The first kappa shape index (κ1) is 23.7. The lowest BCUT2D eigenvalue weighted by molar-refractivity contribution is -0.128. The summed E-state index contributed by atoms with van der Waals surface area (Å²) in [6.07, 6.45) is 1.15. The van der Waals surface area contributed by atoms with Gasteiger partial charge in [0.1, 0.15) is 11.9 Å². The van der Waals surface area contributed by atoms with Crippen LogP contribution < -0.4 is 16.0 Å². The van der Waals surface area contributed by atoms with E-state index in [0.29, 0.717) is 42.7 Å². The molecule has 0 spiro atoms. The van der Waals surface area contributed by atoms with Gasteiger partial charge >= 0.3 is 6.03 Å². The van der Waals surface area contributed by atoms with E-state index >= 15 is 0 Å². The smallest absolute Gasteiger partial charge is 0.321 e. The molecule has 0 aromatic heterocycles. The van der Waals surface area contributed by atoms with E-state index in [9.17, 15) is 18.8 Å². The van der Waals surface area contributed by atoms with E-state index in [2.05, 4.69) is 16.0 Å². The van der Waals surface area contributed by atoms with Gasteiger partial charge in [0, 0.05) is 38.2 Å². The number of piperidine rings is 1. The third-order valence-corrected chi connectivity index (χ3v) is 5.47. The number of nitrogens with zero attached hydrogens (tertiary/aromatic N) is 2. The highest BCUT2D eigenvalue weighted by atomic mass is 19.1. The van der Waals surface area contributed by atoms with Crippen LogP contribution in [0.5, 0.6) is 0 Å². The Morgan fingerprint density at radius 2 is 1.79 bits per heavy atom. The molecule has 1 heterocycles. The highest BCUT2D eigenvalue weighted by Crippen LogP contribution is 2.15. The molecule has 1 unspecified atom stereocenters. The largest absolute Gasteiger partial charge is 0.351 e. The molecule has 1 aliphatic rings. The summed E-state index contributed by atoms with van der Waals surface area (Å²) in [4.78, 5) is 38.5. The molecule has 1 aliphatic heterocycles. The molecule has 0 radical (unpaired) electrons. The van der Waals surface area contributed by atoms with E-state index in [4.69, 9.17) is 5.26 Å². The van der Waals surface area contributed by atoms with Gasteiger partial charge in [0.15, 0.2) is 0 Å². The first-order chi connectivity index (χ1) is 15.9. The number of halogens is 1. The molecule has 0 saturated carbocycles. The molecule has 1 atom stereocenters. The Labute approximate surface area is 191 Å². The summed E-state index contributed by atoms with van der Waals surface area (Å²) in [6, 6.07) is 13.5. The van der Waals surface area contributed by atoms with Crippen molar-refractivity contribution < 1.29 is 18.8 Å². The fourth-order valence-electron chi connectivity index (χ4n) is 3.70. The van der Waals surface area contributed by atoms with Crippen LogP contribution >= 0.6 is 0 Å². The maximum atomic E-state index is 14.0. The zero-order valence-corrected chi connectivity index (χ0v) is 18.3. The summed E-state index contributed by atoms with van der Waals surface area (Å²) >= 11 is 0. The summed E-state index contributed by atoms with van der Waals surface area (Å²) < 4.78 is 14.0. The molecule has 2 aromatic rings. The van der Waals surface area contributed by atoms with Crippen LogP contribution in [0.15, 0.2) is 48.5 Å². The van der Waals surface area contributed by atoms with E-state index in [1.807, 2.05) is 6.07 Å². The van der Waals surface area contributed by atoms with Crippen molar-refractivity contribution >= 4 is 23.5 Å². The van der Waals surface area contributed by atoms with Gasteiger partial charge < -0.3 is 20.9 Å². The zero-order valence-electron chi connectivity index (χ0n) is 18.3. The van der Waals surface area contributed by atoms with Crippen molar-refractivity contribution in [2.24, 2.45) is 0 Å². The van der Waals surface area contributed by atoms with Gasteiger partial charge in [0.2, 0.25) is 11.8 Å². The average molecular weight is 452 g/mol. The zero-order chi connectivity index (χ0) is 23.8. The van der Waals surface area contributed by atoms with Crippen LogP contribution in [0.25, 0.3) is 0 Å². The standard InChI is InChI=1S/C24H26FN5O3/c1-16(31)27-22(14-18-4-2-3-5-21(18)25)23(32)28-20-10-12-30(13-11-20)24(33)29-19-8-6-17(15-26)7-9-19/h2-9,20,22H,10-14H2,1H3,(H,27,31)(H,28,32)(H,29,33). The molecule has 3 rings (SSSR count). The second-order valence-corrected chi connectivity index (χ2v) is 7.94. The fourth-order valence-corrected chi connectivity index (χ4v) is 3.70. The molecule has 2 aromatic carbocycles. The maximum Gasteiger partial charge on any atom is 0.321 e. The first-order valence-electron chi connectivity index (χ1n) is 10.7. The van der Waals surface area contributed by atoms with Crippen LogP contribution in [0.1, 0.15) is 30.9 Å². The monoisotopic (exact) mass is 451 g/mol. The number of hydrogen-bond acceptors (Lipinski definition) is 4. The quantitative estimate of drug-likeness (QED) is 0.626. The van der Waals surface area contributed by atoms with Gasteiger partial charge in [-0.05, 0) is 48.7 Å². The van der Waals surface area contributed by atoms with Gasteiger partial charge in [-0.3, -0.25) is 9.59 Å². The Kier molecular flexibility index (Phi) is 7.97. The molecule has 4 amide bonds. The van der Waals surface area contributed by atoms with Crippen molar-refractivity contribution in [2.75, 3.05) is 18.4 Å². The SMILES string of the molecule is CC(=O)NC(Cc1ccccc1F)C(=O)NC1CCN(C(=O)Nc2ccc(C#N)cc2)CC1. The number of amides is 4. The Balaban J connectivity index is 1.52. The normalized spacial score (nSPS) is 14.6. The predicted octanol–water partition coefficient (Wildman–Crippen LogP) is 2.56. The molecule has 3 N–H and O–H groups in total. The van der Waals surface area contributed by atoms with E-state index in [1.165, 1.54) is 13.0 Å². The Morgan fingerprint density at radius 3 is 2.39 bits per heavy atom. The van der Waals surface area contributed by atoms with Crippen LogP contribution in [0.4, 0.5) is 14.9 Å². The molecule has 0 bridgehead atoms. The first-order valence-corrected chi connectivity index (χ1v) is 10.7. The van der Waals surface area contributed by atoms with Gasteiger partial charge in [-0.1, -0.05) is 18.2 Å². The van der Waals surface area contributed by atoms with E-state index in [-0.39, 0.29) is 30.3 Å². The highest BCUT2D eigenvalue weighted by molar-refractivity contribution is 5.89. The second kappa shape index (κ2) is 11.1. The third kappa shape index (κ3) is 6.77. The molecule has 1 fully saturated rings. The Bertz CT molecular complexity index is 1040. The van der Waals surface area contributed by atoms with Gasteiger partial charge in [0.05, 0.1) is 11.6 Å². The van der Waals surface area contributed by atoms with Crippen LogP contribution in [0.3, 0.4) is 0 Å². The van der Waals surface area contributed by atoms with Gasteiger partial charge in [-0.25, -0.2) is 9.18 Å². The molecular weight excluding hydrogens is 425 g/mol. The molecule has 9 heteroatoms. The average Bonchev–Trinajstić information content (AvgIpc) is 2.80. The Morgan fingerprint density at radius 1 is 1.12 bits per heavy atom. The van der Waals surface area contributed by atoms with Crippen molar-refractivity contribution in [2.45, 2.75) is 38.3 Å². The van der Waals surface area contributed by atoms with Crippen LogP contribution in [0.2, 0.25) is 0 Å². The van der Waals surface area contributed by atoms with Crippen molar-refractivity contribution in [1.82, 2.24) is 15.5 Å². The molecule has 0 aliphatic carbocycles. The van der Waals surface area contributed by atoms with Crippen LogP contribution in [0, 0.1) is 17.1 Å². The van der Waals surface area contributed by atoms with Crippen LogP contribution in [-0.2, 0) is 16.0 Å². The van der Waals surface area contributed by atoms with E-state index < -0.39 is 11.9 Å². The molecule has 8 nitrogen and oxygen atoms in total. The lowest BCUT2D eigenvalue weighted by Gasteiger charge is -2.33. The number of rotatable bonds is 6. The summed E-state index contributed by atoms with van der Waals surface area (Å²) in [5.41, 5.74) is 1.46. The minimum atomic E-state index is -0.892. The van der Waals surface area contributed by atoms with Crippen molar-refractivity contribution in [3.05, 3.63) is 65.5 Å².